The van der Waals surface area contributed by atoms with Gasteiger partial charge in [-0.2, -0.15) is 5.10 Å². The summed E-state index contributed by atoms with van der Waals surface area (Å²) < 4.78 is 1.67. The summed E-state index contributed by atoms with van der Waals surface area (Å²) in [4.78, 5) is 22.2. The van der Waals surface area contributed by atoms with Gasteiger partial charge in [-0.15, -0.1) is 0 Å². The number of carbonyl (C=O) groups is 1. The first-order valence-electron chi connectivity index (χ1n) is 8.18. The zero-order chi connectivity index (χ0) is 16.9. The van der Waals surface area contributed by atoms with E-state index in [0.717, 1.165) is 42.8 Å². The highest BCUT2D eigenvalue weighted by Gasteiger charge is 2.21. The Morgan fingerprint density at radius 1 is 1.38 bits per heavy atom. The minimum Gasteiger partial charge on any atom is -0.394 e. The van der Waals surface area contributed by atoms with Crippen molar-refractivity contribution in [2.24, 2.45) is 0 Å². The Labute approximate surface area is 140 Å². The summed E-state index contributed by atoms with van der Waals surface area (Å²) in [6.45, 7) is 2.65. The number of aliphatic hydroxyl groups is 1. The van der Waals surface area contributed by atoms with Gasteiger partial charge in [0.15, 0.2) is 5.65 Å². The van der Waals surface area contributed by atoms with Gasteiger partial charge in [0, 0.05) is 26.2 Å². The Morgan fingerprint density at radius 3 is 2.88 bits per heavy atom. The molecule has 9 nitrogen and oxygen atoms in total. The van der Waals surface area contributed by atoms with Crippen molar-refractivity contribution < 1.29 is 9.90 Å². The van der Waals surface area contributed by atoms with Gasteiger partial charge in [-0.25, -0.2) is 14.6 Å². The third kappa shape index (κ3) is 3.62. The maximum absolute atomic E-state index is 11.4. The smallest absolute Gasteiger partial charge is 0.233 e. The molecule has 0 aromatic carbocycles. The lowest BCUT2D eigenvalue weighted by molar-refractivity contribution is -0.122. The van der Waals surface area contributed by atoms with Crippen molar-refractivity contribution in [2.45, 2.75) is 25.4 Å². The zero-order valence-electron chi connectivity index (χ0n) is 13.8. The molecule has 2 aromatic rings. The predicted molar refractivity (Wildman–Crippen MR) is 89.6 cm³/mol. The van der Waals surface area contributed by atoms with Gasteiger partial charge in [0.1, 0.15) is 12.1 Å². The van der Waals surface area contributed by atoms with Gasteiger partial charge in [-0.1, -0.05) is 0 Å². The maximum atomic E-state index is 11.4. The minimum absolute atomic E-state index is 0.0212. The predicted octanol–water partition coefficient (Wildman–Crippen LogP) is -0.559. The molecule has 1 saturated heterocycles. The van der Waals surface area contributed by atoms with E-state index < -0.39 is 0 Å². The molecule has 0 saturated carbocycles. The van der Waals surface area contributed by atoms with Crippen molar-refractivity contribution in [3.8, 4) is 0 Å². The molecular weight excluding hydrogens is 310 g/mol. The van der Waals surface area contributed by atoms with Gasteiger partial charge in [0.05, 0.1) is 31.3 Å². The van der Waals surface area contributed by atoms with Crippen LogP contribution in [0, 0.1) is 0 Å². The molecule has 3 heterocycles. The molecule has 0 radical (unpaired) electrons. The van der Waals surface area contributed by atoms with Crippen LogP contribution in [0.3, 0.4) is 0 Å². The van der Waals surface area contributed by atoms with Crippen molar-refractivity contribution in [3.63, 3.8) is 0 Å². The minimum atomic E-state index is 0.0212. The molecule has 0 aliphatic carbocycles. The number of hydrogen-bond donors (Lipinski definition) is 3. The summed E-state index contributed by atoms with van der Waals surface area (Å²) in [5, 5.41) is 20.3. The number of nitrogens with zero attached hydrogens (tertiary/aromatic N) is 5. The van der Waals surface area contributed by atoms with Gasteiger partial charge in [0.2, 0.25) is 5.91 Å². The number of nitrogens with one attached hydrogen (secondary N) is 2. The van der Waals surface area contributed by atoms with E-state index in [1.54, 1.807) is 17.9 Å². The molecule has 1 amide bonds. The summed E-state index contributed by atoms with van der Waals surface area (Å²) in [5.41, 5.74) is 0.721. The fourth-order valence-electron chi connectivity index (χ4n) is 2.98. The van der Waals surface area contributed by atoms with E-state index in [9.17, 15) is 4.79 Å². The lowest BCUT2D eigenvalue weighted by Gasteiger charge is -2.32. The first kappa shape index (κ1) is 16.6. The molecule has 24 heavy (non-hydrogen) atoms. The second-order valence-corrected chi connectivity index (χ2v) is 5.92. The topological polar surface area (TPSA) is 108 Å². The van der Waals surface area contributed by atoms with Crippen molar-refractivity contribution in [3.05, 3.63) is 12.5 Å². The number of carbonyl (C=O) groups excluding carboxylic acids is 1. The fourth-order valence-corrected chi connectivity index (χ4v) is 2.98. The largest absolute Gasteiger partial charge is 0.394 e. The summed E-state index contributed by atoms with van der Waals surface area (Å²) in [7, 11) is 1.66. The van der Waals surface area contributed by atoms with Crippen LogP contribution in [0.1, 0.15) is 12.8 Å². The molecule has 3 N–H and O–H groups in total. The average molecular weight is 333 g/mol. The number of likely N-dealkylation sites (N-methyl/N-ethyl adjacent to an activating group) is 1. The van der Waals surface area contributed by atoms with Crippen molar-refractivity contribution in [2.75, 3.05) is 38.6 Å². The molecule has 130 valence electrons. The van der Waals surface area contributed by atoms with Crippen molar-refractivity contribution >= 4 is 22.8 Å². The lowest BCUT2D eigenvalue weighted by atomic mass is 10.0. The molecule has 0 spiro atoms. The van der Waals surface area contributed by atoms with Crippen LogP contribution in [0.25, 0.3) is 11.0 Å². The molecular formula is C15H23N7O2. The summed E-state index contributed by atoms with van der Waals surface area (Å²) in [6, 6.07) is 0.310. The van der Waals surface area contributed by atoms with Crippen molar-refractivity contribution in [1.82, 2.24) is 30.0 Å². The standard InChI is InChI=1S/C15H23N7O2/c1-16-13(24)9-21-4-2-11(3-5-21)20-14-12-8-19-22(6-7-23)15(12)18-10-17-14/h8,10-11,23H,2-7,9H2,1H3,(H,16,24)(H,17,18,20). The number of piperidine rings is 1. The fraction of sp³-hybridized carbons (Fsp3) is 0.600. The van der Waals surface area contributed by atoms with Gasteiger partial charge in [0.25, 0.3) is 0 Å². The number of fused-ring (bicyclic) bond motifs is 1. The normalized spacial score (nSPS) is 16.4. The molecule has 0 atom stereocenters. The Morgan fingerprint density at radius 2 is 2.17 bits per heavy atom. The number of rotatable bonds is 6. The monoisotopic (exact) mass is 333 g/mol. The highest BCUT2D eigenvalue weighted by Crippen LogP contribution is 2.22. The molecule has 2 aromatic heterocycles. The van der Waals surface area contributed by atoms with Crippen LogP contribution in [-0.2, 0) is 11.3 Å². The van der Waals surface area contributed by atoms with Crippen LogP contribution in [0.4, 0.5) is 5.82 Å². The molecule has 0 unspecified atom stereocenters. The van der Waals surface area contributed by atoms with Crippen LogP contribution in [0.5, 0.6) is 0 Å². The van der Waals surface area contributed by atoms with E-state index in [0.29, 0.717) is 19.1 Å². The summed E-state index contributed by atoms with van der Waals surface area (Å²) in [6.07, 6.45) is 5.15. The Hall–Kier alpha value is -2.26. The molecule has 1 fully saturated rings. The second kappa shape index (κ2) is 7.54. The van der Waals surface area contributed by atoms with E-state index in [1.807, 2.05) is 0 Å². The van der Waals surface area contributed by atoms with Crippen molar-refractivity contribution in [1.29, 1.82) is 0 Å². The number of aliphatic hydroxyl groups excluding tert-OH is 1. The van der Waals surface area contributed by atoms with Crippen LogP contribution in [0.15, 0.2) is 12.5 Å². The Kier molecular flexibility index (Phi) is 5.21. The number of likely N-dealkylation sites (tertiary alicyclic amines) is 1. The third-order valence-electron chi connectivity index (χ3n) is 4.32. The average Bonchev–Trinajstić information content (AvgIpc) is 3.01. The van der Waals surface area contributed by atoms with Crippen LogP contribution in [0.2, 0.25) is 0 Å². The zero-order valence-corrected chi connectivity index (χ0v) is 13.8. The quantitative estimate of drug-likeness (QED) is 0.650. The highest BCUT2D eigenvalue weighted by atomic mass is 16.3. The van der Waals surface area contributed by atoms with E-state index in [1.165, 1.54) is 6.33 Å². The first-order valence-corrected chi connectivity index (χ1v) is 8.18. The van der Waals surface area contributed by atoms with E-state index in [4.69, 9.17) is 5.11 Å². The van der Waals surface area contributed by atoms with Crippen LogP contribution >= 0.6 is 0 Å². The molecule has 0 bridgehead atoms. The Bertz CT molecular complexity index is 694. The molecule has 9 heteroatoms. The number of anilines is 1. The summed E-state index contributed by atoms with van der Waals surface area (Å²) >= 11 is 0. The van der Waals surface area contributed by atoms with Gasteiger partial charge in [-0.05, 0) is 12.8 Å². The van der Waals surface area contributed by atoms with E-state index in [-0.39, 0.29) is 12.5 Å². The SMILES string of the molecule is CNC(=O)CN1CCC(Nc2ncnc3c2cnn3CCO)CC1. The number of amides is 1. The Balaban J connectivity index is 1.63. The van der Waals surface area contributed by atoms with Gasteiger partial charge in [-0.3, -0.25) is 9.69 Å². The third-order valence-corrected chi connectivity index (χ3v) is 4.32. The first-order chi connectivity index (χ1) is 11.7. The molecule has 1 aliphatic heterocycles. The number of hydrogen-bond acceptors (Lipinski definition) is 7. The second-order valence-electron chi connectivity index (χ2n) is 5.92. The van der Waals surface area contributed by atoms with Crippen LogP contribution < -0.4 is 10.6 Å². The van der Waals surface area contributed by atoms with Gasteiger partial charge < -0.3 is 15.7 Å². The molecule has 1 aliphatic rings. The van der Waals surface area contributed by atoms with E-state index in [2.05, 4.69) is 30.6 Å². The highest BCUT2D eigenvalue weighted by molar-refractivity contribution is 5.86. The molecule has 3 rings (SSSR count). The lowest BCUT2D eigenvalue weighted by Crippen LogP contribution is -2.43. The number of aromatic nitrogens is 4. The summed E-state index contributed by atoms with van der Waals surface area (Å²) in [5.74, 6) is 0.823. The van der Waals surface area contributed by atoms with E-state index >= 15 is 0 Å². The van der Waals surface area contributed by atoms with Gasteiger partial charge >= 0.3 is 0 Å². The van der Waals surface area contributed by atoms with Crippen LogP contribution in [-0.4, -0.2) is 75.0 Å². The maximum Gasteiger partial charge on any atom is 0.233 e.